The normalized spacial score (nSPS) is 25.1. The molecule has 22 heavy (non-hydrogen) atoms. The molecule has 0 saturated carbocycles. The maximum Gasteiger partial charge on any atom is 0.217 e. The summed E-state index contributed by atoms with van der Waals surface area (Å²) in [6.07, 6.45) is 1.79. The average molecular weight is 305 g/mol. The number of carbonyl (C=O) groups excluding carboxylic acids is 1. The first-order chi connectivity index (χ1) is 10.3. The van der Waals surface area contributed by atoms with Crippen molar-refractivity contribution in [1.29, 1.82) is 0 Å². The minimum absolute atomic E-state index is 0.0459. The third-order valence-electron chi connectivity index (χ3n) is 4.58. The smallest absolute Gasteiger partial charge is 0.217 e. The minimum atomic E-state index is -0.485. The number of hydrogen-bond acceptors (Lipinski definition) is 3. The molecule has 0 saturated heterocycles. The Hall–Kier alpha value is -1.55. The molecule has 2 N–H and O–H groups in total. The second-order valence-corrected chi connectivity index (χ2v) is 6.54. The molecular formula is C18H27NO3. The van der Waals surface area contributed by atoms with E-state index in [-0.39, 0.29) is 17.6 Å². The van der Waals surface area contributed by atoms with E-state index in [1.54, 1.807) is 0 Å². The summed E-state index contributed by atoms with van der Waals surface area (Å²) in [5.74, 6) is 0.803. The van der Waals surface area contributed by atoms with Crippen molar-refractivity contribution in [3.8, 4) is 5.75 Å². The highest BCUT2D eigenvalue weighted by molar-refractivity contribution is 5.73. The number of amides is 1. The van der Waals surface area contributed by atoms with E-state index in [1.807, 2.05) is 26.0 Å². The Morgan fingerprint density at radius 2 is 2.18 bits per heavy atom. The third-order valence-corrected chi connectivity index (χ3v) is 4.58. The van der Waals surface area contributed by atoms with E-state index in [1.165, 1.54) is 6.92 Å². The summed E-state index contributed by atoms with van der Waals surface area (Å²) in [4.78, 5) is 11.6. The van der Waals surface area contributed by atoms with Gasteiger partial charge in [-0.15, -0.1) is 0 Å². The molecule has 1 aromatic rings. The molecule has 1 heterocycles. The van der Waals surface area contributed by atoms with Gasteiger partial charge in [0.25, 0.3) is 0 Å². The lowest BCUT2D eigenvalue weighted by Gasteiger charge is -2.40. The highest BCUT2D eigenvalue weighted by Crippen LogP contribution is 2.44. The number of aryl methyl sites for hydroxylation is 1. The van der Waals surface area contributed by atoms with Gasteiger partial charge in [0, 0.05) is 18.9 Å². The maximum atomic E-state index is 11.6. The van der Waals surface area contributed by atoms with Crippen molar-refractivity contribution >= 4 is 5.91 Å². The van der Waals surface area contributed by atoms with Crippen LogP contribution in [0, 0.1) is 6.92 Å². The van der Waals surface area contributed by atoms with E-state index in [0.29, 0.717) is 6.42 Å². The van der Waals surface area contributed by atoms with E-state index in [0.717, 1.165) is 35.3 Å². The maximum absolute atomic E-state index is 11.6. The number of carbonyl (C=O) groups is 1. The standard InChI is InChI=1S/C18H27NO3/c1-6-16(21)13-8-11(3)17-14(9-13)15(19-12(4)20)10-18(5,7-2)22-17/h8-9,15-16,21H,6-7,10H2,1-5H3,(H,19,20). The molecule has 1 aromatic carbocycles. The number of aliphatic hydroxyl groups is 1. The molecule has 0 radical (unpaired) electrons. The van der Waals surface area contributed by atoms with Crippen LogP contribution < -0.4 is 10.1 Å². The van der Waals surface area contributed by atoms with Gasteiger partial charge in [-0.3, -0.25) is 4.79 Å². The number of fused-ring (bicyclic) bond motifs is 1. The molecule has 0 bridgehead atoms. The van der Waals surface area contributed by atoms with Crippen LogP contribution in [-0.2, 0) is 4.79 Å². The zero-order valence-corrected chi connectivity index (χ0v) is 14.2. The highest BCUT2D eigenvalue weighted by Gasteiger charge is 2.37. The molecule has 2 rings (SSSR count). The fourth-order valence-corrected chi connectivity index (χ4v) is 3.08. The van der Waals surface area contributed by atoms with Crippen LogP contribution in [0.25, 0.3) is 0 Å². The van der Waals surface area contributed by atoms with Crippen LogP contribution in [0.5, 0.6) is 5.75 Å². The van der Waals surface area contributed by atoms with E-state index in [9.17, 15) is 9.90 Å². The molecule has 0 aromatic heterocycles. The summed E-state index contributed by atoms with van der Waals surface area (Å²) in [5, 5.41) is 13.2. The average Bonchev–Trinajstić information content (AvgIpc) is 2.46. The number of hydrogen-bond donors (Lipinski definition) is 2. The molecule has 3 atom stereocenters. The van der Waals surface area contributed by atoms with Crippen molar-refractivity contribution in [2.24, 2.45) is 0 Å². The number of benzene rings is 1. The molecule has 1 aliphatic rings. The lowest BCUT2D eigenvalue weighted by atomic mass is 9.84. The van der Waals surface area contributed by atoms with Crippen LogP contribution in [0.4, 0.5) is 0 Å². The van der Waals surface area contributed by atoms with Gasteiger partial charge in [0.05, 0.1) is 12.1 Å². The Labute approximate surface area is 132 Å². The summed E-state index contributed by atoms with van der Waals surface area (Å²) in [5.41, 5.74) is 2.59. The molecule has 0 aliphatic carbocycles. The van der Waals surface area contributed by atoms with E-state index < -0.39 is 6.10 Å². The molecule has 4 heteroatoms. The van der Waals surface area contributed by atoms with Gasteiger partial charge in [0.2, 0.25) is 5.91 Å². The molecule has 122 valence electrons. The Kier molecular flexibility index (Phi) is 4.81. The number of ether oxygens (including phenoxy) is 1. The number of aliphatic hydroxyl groups excluding tert-OH is 1. The largest absolute Gasteiger partial charge is 0.487 e. The SMILES string of the molecule is CCC(O)c1cc(C)c2c(c1)C(NC(C)=O)CC(C)(CC)O2. The van der Waals surface area contributed by atoms with Crippen LogP contribution >= 0.6 is 0 Å². The third kappa shape index (κ3) is 3.27. The van der Waals surface area contributed by atoms with Crippen molar-refractivity contribution in [2.75, 3.05) is 0 Å². The summed E-state index contributed by atoms with van der Waals surface area (Å²) in [6.45, 7) is 9.67. The first-order valence-electron chi connectivity index (χ1n) is 8.08. The van der Waals surface area contributed by atoms with E-state index in [4.69, 9.17) is 4.74 Å². The Bertz CT molecular complexity index is 570. The molecule has 1 aliphatic heterocycles. The molecule has 1 amide bonds. The zero-order chi connectivity index (χ0) is 16.5. The van der Waals surface area contributed by atoms with Crippen molar-refractivity contribution < 1.29 is 14.6 Å². The van der Waals surface area contributed by atoms with E-state index in [2.05, 4.69) is 19.2 Å². The Balaban J connectivity index is 2.52. The molecule has 3 unspecified atom stereocenters. The lowest BCUT2D eigenvalue weighted by Crippen LogP contribution is -2.42. The Morgan fingerprint density at radius 1 is 1.50 bits per heavy atom. The van der Waals surface area contributed by atoms with Crippen molar-refractivity contribution in [1.82, 2.24) is 5.32 Å². The minimum Gasteiger partial charge on any atom is -0.487 e. The molecule has 0 spiro atoms. The second kappa shape index (κ2) is 6.29. The summed E-state index contributed by atoms with van der Waals surface area (Å²) >= 11 is 0. The quantitative estimate of drug-likeness (QED) is 0.894. The predicted octanol–water partition coefficient (Wildman–Crippen LogP) is 3.57. The van der Waals surface area contributed by atoms with Gasteiger partial charge < -0.3 is 15.2 Å². The fraction of sp³-hybridized carbons (Fsp3) is 0.611. The monoisotopic (exact) mass is 305 g/mol. The summed E-state index contributed by atoms with van der Waals surface area (Å²) < 4.78 is 6.25. The van der Waals surface area contributed by atoms with E-state index >= 15 is 0 Å². The van der Waals surface area contributed by atoms with Gasteiger partial charge >= 0.3 is 0 Å². The fourth-order valence-electron chi connectivity index (χ4n) is 3.08. The predicted molar refractivity (Wildman–Crippen MR) is 86.9 cm³/mol. The van der Waals surface area contributed by atoms with Gasteiger partial charge in [-0.1, -0.05) is 13.8 Å². The second-order valence-electron chi connectivity index (χ2n) is 6.54. The Morgan fingerprint density at radius 3 is 2.73 bits per heavy atom. The van der Waals surface area contributed by atoms with Gasteiger partial charge in [0.15, 0.2) is 0 Å². The molecule has 4 nitrogen and oxygen atoms in total. The number of nitrogens with one attached hydrogen (secondary N) is 1. The first-order valence-corrected chi connectivity index (χ1v) is 8.08. The topological polar surface area (TPSA) is 58.6 Å². The molecular weight excluding hydrogens is 278 g/mol. The number of rotatable bonds is 4. The van der Waals surface area contributed by atoms with Crippen LogP contribution in [0.15, 0.2) is 12.1 Å². The lowest BCUT2D eigenvalue weighted by molar-refractivity contribution is -0.120. The van der Waals surface area contributed by atoms with Crippen molar-refractivity contribution in [3.63, 3.8) is 0 Å². The van der Waals surface area contributed by atoms with Crippen molar-refractivity contribution in [3.05, 3.63) is 28.8 Å². The van der Waals surface area contributed by atoms with Gasteiger partial charge in [-0.25, -0.2) is 0 Å². The van der Waals surface area contributed by atoms with Crippen LogP contribution in [0.3, 0.4) is 0 Å². The summed E-state index contributed by atoms with van der Waals surface area (Å²) in [7, 11) is 0. The summed E-state index contributed by atoms with van der Waals surface area (Å²) in [6, 6.07) is 3.89. The van der Waals surface area contributed by atoms with Gasteiger partial charge in [-0.05, 0) is 49.9 Å². The van der Waals surface area contributed by atoms with Crippen LogP contribution in [-0.4, -0.2) is 16.6 Å². The van der Waals surface area contributed by atoms with Gasteiger partial charge in [0.1, 0.15) is 11.4 Å². The van der Waals surface area contributed by atoms with Crippen LogP contribution in [0.2, 0.25) is 0 Å². The van der Waals surface area contributed by atoms with Gasteiger partial charge in [-0.2, -0.15) is 0 Å². The zero-order valence-electron chi connectivity index (χ0n) is 14.2. The van der Waals surface area contributed by atoms with Crippen molar-refractivity contribution in [2.45, 2.75) is 71.6 Å². The first kappa shape index (κ1) is 16.8. The highest BCUT2D eigenvalue weighted by atomic mass is 16.5. The molecule has 0 fully saturated rings. The van der Waals surface area contributed by atoms with Crippen LogP contribution in [0.1, 0.15) is 75.8 Å².